The van der Waals surface area contributed by atoms with Crippen molar-refractivity contribution in [1.29, 1.82) is 0 Å². The molecule has 48 heavy (non-hydrogen) atoms. The number of nitrogens with one attached hydrogen (secondary N) is 2. The molecule has 0 fully saturated rings. The number of pyridine rings is 1. The predicted octanol–water partition coefficient (Wildman–Crippen LogP) is 6.10. The number of benzene rings is 2. The molecule has 2 N–H and O–H groups in total. The van der Waals surface area contributed by atoms with Gasteiger partial charge in [-0.25, -0.2) is 0 Å². The number of hydrogen-bond acceptors (Lipinski definition) is 7. The number of aliphatic imine (C=N–C) groups is 1. The summed E-state index contributed by atoms with van der Waals surface area (Å²) in [6.07, 6.45) is 17.2. The van der Waals surface area contributed by atoms with Crippen LogP contribution in [-0.2, 0) is 16.1 Å². The lowest BCUT2D eigenvalue weighted by Gasteiger charge is -2.14. The highest BCUT2D eigenvalue weighted by molar-refractivity contribution is 8.76. The standard InChI is InChI=1S/C38H46N6O2S2/c1-6-31(7-8-33-13-17-36(18-14-33)42(3)4)19-22-40-29-37(45)41-23-27-47-48-28-26-43(5)38(46)30-44-24-20-34(21-25-44)10-9-32-11-15-35(39-2)16-12-32/h6-22,24-25H,1,23,26-30H2,2-5H3,(H,41,45)/p+1/b8-7+,31-19+,40-22?. The van der Waals surface area contributed by atoms with Gasteiger partial charge < -0.3 is 20.4 Å². The highest BCUT2D eigenvalue weighted by Gasteiger charge is 2.14. The average Bonchev–Trinajstić information content (AvgIpc) is 3.10. The smallest absolute Gasteiger partial charge is 0.288 e. The van der Waals surface area contributed by atoms with Gasteiger partial charge in [0.1, 0.15) is 6.54 Å². The Morgan fingerprint density at radius 1 is 0.875 bits per heavy atom. The summed E-state index contributed by atoms with van der Waals surface area (Å²) in [6, 6.07) is 20.5. The Bertz CT molecular complexity index is 1560. The summed E-state index contributed by atoms with van der Waals surface area (Å²) in [6.45, 7) is 5.45. The van der Waals surface area contributed by atoms with Gasteiger partial charge in [0.2, 0.25) is 12.5 Å². The van der Waals surface area contributed by atoms with Gasteiger partial charge >= 0.3 is 0 Å². The molecule has 0 saturated carbocycles. The number of nitrogens with zero attached hydrogens (tertiary/aromatic N) is 4. The number of allylic oxidation sites excluding steroid dienone is 4. The first kappa shape index (κ1) is 37.9. The molecule has 10 heteroatoms. The number of amides is 2. The van der Waals surface area contributed by atoms with Crippen molar-refractivity contribution >= 4 is 69.2 Å². The summed E-state index contributed by atoms with van der Waals surface area (Å²) >= 11 is 0. The third-order valence-electron chi connectivity index (χ3n) is 7.15. The molecule has 8 nitrogen and oxygen atoms in total. The lowest BCUT2D eigenvalue weighted by molar-refractivity contribution is -0.685. The summed E-state index contributed by atoms with van der Waals surface area (Å²) < 4.78 is 1.89. The van der Waals surface area contributed by atoms with Crippen LogP contribution in [0.5, 0.6) is 0 Å². The van der Waals surface area contributed by atoms with Crippen LogP contribution in [-0.4, -0.2) is 82.3 Å². The van der Waals surface area contributed by atoms with E-state index in [0.717, 1.165) is 45.1 Å². The van der Waals surface area contributed by atoms with Crippen molar-refractivity contribution in [2.75, 3.05) is 69.5 Å². The molecule has 0 atom stereocenters. The lowest BCUT2D eigenvalue weighted by Crippen LogP contribution is -2.43. The molecule has 0 aliphatic heterocycles. The number of rotatable bonds is 19. The summed E-state index contributed by atoms with van der Waals surface area (Å²) in [4.78, 5) is 32.8. The van der Waals surface area contributed by atoms with Crippen LogP contribution in [0.15, 0.2) is 108 Å². The minimum Gasteiger partial charge on any atom is -0.388 e. The highest BCUT2D eigenvalue weighted by Crippen LogP contribution is 2.20. The number of aromatic nitrogens is 1. The number of likely N-dealkylation sites (N-methyl/N-ethyl adjacent to an activating group) is 1. The van der Waals surface area contributed by atoms with E-state index in [1.807, 2.05) is 87.6 Å². The lowest BCUT2D eigenvalue weighted by atomic mass is 10.1. The van der Waals surface area contributed by atoms with Crippen LogP contribution in [0.25, 0.3) is 18.2 Å². The van der Waals surface area contributed by atoms with Gasteiger partial charge in [-0.3, -0.25) is 14.6 Å². The Hall–Kier alpha value is -4.54. The van der Waals surface area contributed by atoms with Crippen molar-refractivity contribution in [2.45, 2.75) is 6.54 Å². The minimum absolute atomic E-state index is 0.0623. The zero-order valence-electron chi connectivity index (χ0n) is 28.3. The van der Waals surface area contributed by atoms with E-state index in [4.69, 9.17) is 0 Å². The van der Waals surface area contributed by atoms with Gasteiger partial charge in [-0.05, 0) is 52.6 Å². The molecule has 252 valence electrons. The van der Waals surface area contributed by atoms with Crippen molar-refractivity contribution < 1.29 is 14.2 Å². The molecule has 3 rings (SSSR count). The van der Waals surface area contributed by atoms with Crippen molar-refractivity contribution in [2.24, 2.45) is 4.99 Å². The molecule has 3 aromatic rings. The van der Waals surface area contributed by atoms with Crippen molar-refractivity contribution in [3.63, 3.8) is 0 Å². The number of carbonyl (C=O) groups is 2. The fourth-order valence-corrected chi connectivity index (χ4v) is 6.11. The number of anilines is 2. The maximum Gasteiger partial charge on any atom is 0.288 e. The Balaban J connectivity index is 1.25. The molecule has 1 aromatic heterocycles. The number of hydrogen-bond donors (Lipinski definition) is 2. The molecule has 0 radical (unpaired) electrons. The van der Waals surface area contributed by atoms with E-state index in [9.17, 15) is 9.59 Å². The van der Waals surface area contributed by atoms with Crippen LogP contribution < -0.4 is 20.1 Å². The number of carbonyl (C=O) groups excluding carboxylic acids is 2. The van der Waals surface area contributed by atoms with Crippen LogP contribution in [0.1, 0.15) is 16.7 Å². The Morgan fingerprint density at radius 2 is 1.50 bits per heavy atom. The van der Waals surface area contributed by atoms with Crippen LogP contribution in [0.4, 0.5) is 11.4 Å². The maximum atomic E-state index is 12.7. The van der Waals surface area contributed by atoms with E-state index in [1.54, 1.807) is 38.8 Å². The molecular formula is C38H47N6O2S2+. The normalized spacial score (nSPS) is 11.7. The van der Waals surface area contributed by atoms with Gasteiger partial charge in [0.15, 0.2) is 12.4 Å². The Morgan fingerprint density at radius 3 is 2.15 bits per heavy atom. The quantitative estimate of drug-likeness (QED) is 0.0523. The molecule has 0 unspecified atom stereocenters. The molecule has 0 bridgehead atoms. The first-order valence-corrected chi connectivity index (χ1v) is 18.2. The van der Waals surface area contributed by atoms with E-state index < -0.39 is 0 Å². The first-order valence-electron chi connectivity index (χ1n) is 15.8. The molecule has 0 aliphatic rings. The fourth-order valence-electron chi connectivity index (χ4n) is 4.16. The Kier molecular flexibility index (Phi) is 16.9. The van der Waals surface area contributed by atoms with Gasteiger partial charge in [-0.15, -0.1) is 0 Å². The van der Waals surface area contributed by atoms with E-state index in [2.05, 4.69) is 75.7 Å². The SMILES string of the molecule is C=CC(/C=C/c1ccc(N(C)C)cc1)=C\C=NCC(=O)NCCSSCCN(C)C(=O)C[n+]1ccc(/C=C/c2ccc(NC)cc2)cc1. The second-order valence-electron chi connectivity index (χ2n) is 11.0. The molecule has 2 aromatic carbocycles. The third kappa shape index (κ3) is 14.5. The van der Waals surface area contributed by atoms with E-state index >= 15 is 0 Å². The molecular weight excluding hydrogens is 637 g/mol. The summed E-state index contributed by atoms with van der Waals surface area (Å²) in [5.41, 5.74) is 6.43. The Labute approximate surface area is 293 Å². The molecule has 0 spiro atoms. The van der Waals surface area contributed by atoms with Gasteiger partial charge in [0.05, 0.1) is 0 Å². The fraction of sp³-hybridized carbons (Fsp3) is 0.263. The topological polar surface area (TPSA) is 80.9 Å². The van der Waals surface area contributed by atoms with Crippen molar-refractivity contribution in [3.05, 3.63) is 120 Å². The summed E-state index contributed by atoms with van der Waals surface area (Å²) in [5, 5.41) is 6.01. The average molecular weight is 684 g/mol. The van der Waals surface area contributed by atoms with E-state index in [-0.39, 0.29) is 18.4 Å². The van der Waals surface area contributed by atoms with E-state index in [1.165, 1.54) is 0 Å². The van der Waals surface area contributed by atoms with Gasteiger partial charge in [0.25, 0.3) is 5.91 Å². The summed E-state index contributed by atoms with van der Waals surface area (Å²) in [5.74, 6) is 1.53. The van der Waals surface area contributed by atoms with E-state index in [0.29, 0.717) is 19.6 Å². The van der Waals surface area contributed by atoms with Gasteiger partial charge in [0, 0.05) is 82.5 Å². The van der Waals surface area contributed by atoms with Crippen molar-refractivity contribution in [1.82, 2.24) is 10.2 Å². The molecule has 1 heterocycles. The monoisotopic (exact) mass is 683 g/mol. The largest absolute Gasteiger partial charge is 0.388 e. The zero-order valence-corrected chi connectivity index (χ0v) is 30.0. The summed E-state index contributed by atoms with van der Waals surface area (Å²) in [7, 11) is 11.1. The second kappa shape index (κ2) is 21.4. The zero-order chi connectivity index (χ0) is 34.6. The molecule has 0 aliphatic carbocycles. The predicted molar refractivity (Wildman–Crippen MR) is 209 cm³/mol. The highest BCUT2D eigenvalue weighted by atomic mass is 33.1. The maximum absolute atomic E-state index is 12.7. The first-order chi connectivity index (χ1) is 23.3. The van der Waals surface area contributed by atoms with Gasteiger partial charge in [-0.1, -0.05) is 82.8 Å². The molecule has 0 saturated heterocycles. The molecule has 2 amide bonds. The second-order valence-corrected chi connectivity index (χ2v) is 13.7. The van der Waals surface area contributed by atoms with Crippen LogP contribution in [0.2, 0.25) is 0 Å². The van der Waals surface area contributed by atoms with Crippen LogP contribution in [0, 0.1) is 0 Å². The third-order valence-corrected chi connectivity index (χ3v) is 9.54. The van der Waals surface area contributed by atoms with Crippen molar-refractivity contribution in [3.8, 4) is 0 Å². The van der Waals surface area contributed by atoms with Crippen LogP contribution in [0.3, 0.4) is 0 Å². The minimum atomic E-state index is -0.117. The van der Waals surface area contributed by atoms with Crippen LogP contribution >= 0.6 is 21.6 Å². The van der Waals surface area contributed by atoms with Gasteiger partial charge in [-0.2, -0.15) is 4.57 Å².